The molecule has 1 aliphatic heterocycles. The predicted octanol–water partition coefficient (Wildman–Crippen LogP) is 3.82. The van der Waals surface area contributed by atoms with E-state index in [4.69, 9.17) is 4.74 Å². The fraction of sp³-hybridized carbons (Fsp3) is 0.600. The van der Waals surface area contributed by atoms with Gasteiger partial charge in [0.15, 0.2) is 6.04 Å². The molecule has 0 unspecified atom stereocenters. The number of hydrogen-bond donors (Lipinski definition) is 1. The Morgan fingerprint density at radius 3 is 2.41 bits per heavy atom. The molecule has 1 aromatic carbocycles. The summed E-state index contributed by atoms with van der Waals surface area (Å²) < 4.78 is 33.6. The van der Waals surface area contributed by atoms with Crippen LogP contribution < -0.4 is 0 Å². The summed E-state index contributed by atoms with van der Waals surface area (Å²) in [6, 6.07) is 1.39. The fourth-order valence-electron chi connectivity index (χ4n) is 4.28. The van der Waals surface area contributed by atoms with Crippen LogP contribution in [0.1, 0.15) is 56.8 Å². The van der Waals surface area contributed by atoms with Gasteiger partial charge in [0.1, 0.15) is 17.4 Å². The van der Waals surface area contributed by atoms with Gasteiger partial charge in [-0.1, -0.05) is 20.8 Å². The summed E-state index contributed by atoms with van der Waals surface area (Å²) in [4.78, 5) is 25.9. The highest BCUT2D eigenvalue weighted by atomic mass is 19.1. The number of hydrogen-bond acceptors (Lipinski definition) is 3. The lowest BCUT2D eigenvalue weighted by Crippen LogP contribution is -2.55. The van der Waals surface area contributed by atoms with E-state index in [1.54, 1.807) is 0 Å². The van der Waals surface area contributed by atoms with Gasteiger partial charge in [-0.3, -0.25) is 9.69 Å². The molecule has 7 heteroatoms. The Bertz CT molecular complexity index is 751. The number of aliphatic carboxylic acids is 1. The van der Waals surface area contributed by atoms with Crippen molar-refractivity contribution in [1.82, 2.24) is 4.90 Å². The molecule has 1 aliphatic carbocycles. The molecule has 27 heavy (non-hydrogen) atoms. The van der Waals surface area contributed by atoms with Crippen molar-refractivity contribution in [1.29, 1.82) is 0 Å². The van der Waals surface area contributed by atoms with Crippen LogP contribution in [0.4, 0.5) is 8.78 Å². The van der Waals surface area contributed by atoms with Crippen LogP contribution in [-0.2, 0) is 9.53 Å². The lowest BCUT2D eigenvalue weighted by molar-refractivity contribution is -0.144. The summed E-state index contributed by atoms with van der Waals surface area (Å²) in [6.07, 6.45) is 2.49. The van der Waals surface area contributed by atoms with Crippen molar-refractivity contribution in [3.05, 3.63) is 35.4 Å². The third-order valence-electron chi connectivity index (χ3n) is 5.91. The molecular formula is C20H25F2NO4. The average Bonchev–Trinajstić information content (AvgIpc) is 2.95. The van der Waals surface area contributed by atoms with E-state index >= 15 is 0 Å². The molecule has 5 nitrogen and oxygen atoms in total. The molecule has 1 saturated heterocycles. The van der Waals surface area contributed by atoms with Crippen LogP contribution in [0.25, 0.3) is 0 Å². The number of rotatable bonds is 2. The quantitative estimate of drug-likeness (QED) is 0.846. The van der Waals surface area contributed by atoms with Gasteiger partial charge in [0.05, 0.1) is 12.2 Å². The Morgan fingerprint density at radius 1 is 1.22 bits per heavy atom. The number of carbonyl (C=O) groups is 2. The van der Waals surface area contributed by atoms with Crippen LogP contribution in [0.2, 0.25) is 0 Å². The van der Waals surface area contributed by atoms with E-state index in [0.717, 1.165) is 35.9 Å². The lowest BCUT2D eigenvalue weighted by atomic mass is 9.70. The van der Waals surface area contributed by atoms with E-state index in [1.807, 2.05) is 0 Å². The third-order valence-corrected chi connectivity index (χ3v) is 5.91. The van der Waals surface area contributed by atoms with E-state index in [9.17, 15) is 23.5 Å². The van der Waals surface area contributed by atoms with E-state index in [0.29, 0.717) is 18.8 Å². The Kier molecular flexibility index (Phi) is 5.01. The van der Waals surface area contributed by atoms with E-state index < -0.39 is 40.8 Å². The van der Waals surface area contributed by atoms with Crippen LogP contribution >= 0.6 is 0 Å². The maximum atomic E-state index is 14.2. The first-order valence-corrected chi connectivity index (χ1v) is 9.21. The Labute approximate surface area is 157 Å². The molecule has 1 spiro atoms. The van der Waals surface area contributed by atoms with Crippen molar-refractivity contribution in [2.75, 3.05) is 6.61 Å². The summed E-state index contributed by atoms with van der Waals surface area (Å²) in [5.41, 5.74) is -1.46. The minimum Gasteiger partial charge on any atom is -0.480 e. The number of nitrogens with zero attached hydrogens (tertiary/aromatic N) is 1. The first kappa shape index (κ1) is 19.7. The SMILES string of the molecule is CC(C)(C)C1CCC2(CC1)OC[C@H](C(=O)O)N2C(=O)c1cc(F)ccc1F. The van der Waals surface area contributed by atoms with Gasteiger partial charge in [0.2, 0.25) is 0 Å². The fourth-order valence-corrected chi connectivity index (χ4v) is 4.28. The molecule has 1 aromatic rings. The highest BCUT2D eigenvalue weighted by molar-refractivity contribution is 5.97. The average molecular weight is 381 g/mol. The number of carbonyl (C=O) groups excluding carboxylic acids is 1. The maximum Gasteiger partial charge on any atom is 0.328 e. The first-order chi connectivity index (χ1) is 12.5. The molecule has 0 bridgehead atoms. The number of ether oxygens (including phenoxy) is 1. The van der Waals surface area contributed by atoms with Gasteiger partial charge in [-0.25, -0.2) is 13.6 Å². The molecule has 0 aromatic heterocycles. The van der Waals surface area contributed by atoms with Crippen LogP contribution in [0, 0.1) is 23.0 Å². The molecular weight excluding hydrogens is 356 g/mol. The van der Waals surface area contributed by atoms with Crippen molar-refractivity contribution in [3.8, 4) is 0 Å². The minimum atomic E-state index is -1.22. The van der Waals surface area contributed by atoms with Crippen LogP contribution in [0.15, 0.2) is 18.2 Å². The second-order valence-electron chi connectivity index (χ2n) is 8.55. The number of amides is 1. The zero-order valence-electron chi connectivity index (χ0n) is 15.8. The summed E-state index contributed by atoms with van der Waals surface area (Å²) in [7, 11) is 0. The monoisotopic (exact) mass is 381 g/mol. The normalized spacial score (nSPS) is 28.6. The number of carboxylic acids is 1. The van der Waals surface area contributed by atoms with Gasteiger partial charge in [0.25, 0.3) is 5.91 Å². The molecule has 2 fully saturated rings. The van der Waals surface area contributed by atoms with E-state index in [-0.39, 0.29) is 12.0 Å². The molecule has 1 saturated carbocycles. The molecule has 1 amide bonds. The first-order valence-electron chi connectivity index (χ1n) is 9.21. The van der Waals surface area contributed by atoms with Gasteiger partial charge >= 0.3 is 5.97 Å². The van der Waals surface area contributed by atoms with Crippen molar-refractivity contribution in [2.24, 2.45) is 11.3 Å². The Morgan fingerprint density at radius 2 is 1.85 bits per heavy atom. The van der Waals surface area contributed by atoms with Crippen LogP contribution in [0.3, 0.4) is 0 Å². The summed E-state index contributed by atoms with van der Waals surface area (Å²) in [5.74, 6) is -3.27. The topological polar surface area (TPSA) is 66.8 Å². The lowest BCUT2D eigenvalue weighted by Gasteiger charge is -2.46. The van der Waals surface area contributed by atoms with E-state index in [2.05, 4.69) is 20.8 Å². The predicted molar refractivity (Wildman–Crippen MR) is 94.0 cm³/mol. The standard InChI is InChI=1S/C20H25F2NO4/c1-19(2,3)12-6-8-20(9-7-12)23(16(11-27-20)18(25)26)17(24)14-10-13(21)4-5-15(14)22/h4-5,10,12,16H,6-9,11H2,1-3H3,(H,25,26)/t12?,16-,20?/m1/s1. The summed E-state index contributed by atoms with van der Waals surface area (Å²) in [5, 5.41) is 9.56. The zero-order chi connectivity index (χ0) is 20.0. The van der Waals surface area contributed by atoms with Gasteiger partial charge in [-0.2, -0.15) is 0 Å². The second kappa shape index (κ2) is 6.86. The largest absolute Gasteiger partial charge is 0.480 e. The summed E-state index contributed by atoms with van der Waals surface area (Å²) >= 11 is 0. The second-order valence-corrected chi connectivity index (χ2v) is 8.55. The molecule has 2 aliphatic rings. The number of carboxylic acid groups (broad SMARTS) is 1. The van der Waals surface area contributed by atoms with Crippen molar-refractivity contribution < 1.29 is 28.2 Å². The number of halogens is 2. The van der Waals surface area contributed by atoms with Crippen molar-refractivity contribution in [2.45, 2.75) is 58.2 Å². The maximum absolute atomic E-state index is 14.2. The van der Waals surface area contributed by atoms with Crippen LogP contribution in [-0.4, -0.2) is 40.3 Å². The van der Waals surface area contributed by atoms with Gasteiger partial charge in [-0.15, -0.1) is 0 Å². The highest BCUT2D eigenvalue weighted by Crippen LogP contribution is 2.47. The number of benzene rings is 1. The van der Waals surface area contributed by atoms with Gasteiger partial charge in [-0.05, 0) is 55.2 Å². The molecule has 0 radical (unpaired) electrons. The van der Waals surface area contributed by atoms with Gasteiger partial charge < -0.3 is 9.84 Å². The van der Waals surface area contributed by atoms with E-state index in [1.165, 1.54) is 0 Å². The Balaban J connectivity index is 1.94. The van der Waals surface area contributed by atoms with Crippen LogP contribution in [0.5, 0.6) is 0 Å². The van der Waals surface area contributed by atoms with Gasteiger partial charge in [0, 0.05) is 0 Å². The molecule has 1 N–H and O–H groups in total. The summed E-state index contributed by atoms with van der Waals surface area (Å²) in [6.45, 7) is 6.29. The molecule has 148 valence electrons. The van der Waals surface area contributed by atoms with Crippen molar-refractivity contribution in [3.63, 3.8) is 0 Å². The Hall–Kier alpha value is -2.02. The van der Waals surface area contributed by atoms with Crippen molar-refractivity contribution >= 4 is 11.9 Å². The zero-order valence-corrected chi connectivity index (χ0v) is 15.8. The third kappa shape index (κ3) is 3.57. The molecule has 1 heterocycles. The highest BCUT2D eigenvalue weighted by Gasteiger charge is 2.55. The smallest absolute Gasteiger partial charge is 0.328 e. The molecule has 1 atom stereocenters. The molecule has 3 rings (SSSR count). The minimum absolute atomic E-state index is 0.0932.